The van der Waals surface area contributed by atoms with Gasteiger partial charge >= 0.3 is 0 Å². The van der Waals surface area contributed by atoms with E-state index in [0.717, 1.165) is 13.0 Å². The van der Waals surface area contributed by atoms with Crippen LogP contribution in [0.25, 0.3) is 0 Å². The number of hydrogen-bond acceptors (Lipinski definition) is 2. The molecular formula is C11H15NO. The van der Waals surface area contributed by atoms with Gasteiger partial charge < -0.3 is 10.5 Å². The molecule has 0 heterocycles. The molecule has 0 spiro atoms. The van der Waals surface area contributed by atoms with Crippen LogP contribution in [-0.4, -0.2) is 19.8 Å². The van der Waals surface area contributed by atoms with Crippen molar-refractivity contribution in [2.45, 2.75) is 17.9 Å². The Bertz CT molecular complexity index is 285. The summed E-state index contributed by atoms with van der Waals surface area (Å²) in [6.45, 7) is 0.734. The molecule has 2 unspecified atom stereocenters. The van der Waals surface area contributed by atoms with Gasteiger partial charge in [-0.25, -0.2) is 0 Å². The van der Waals surface area contributed by atoms with Gasteiger partial charge in [-0.15, -0.1) is 0 Å². The number of nitrogens with two attached hydrogens (primary N) is 1. The Morgan fingerprint density at radius 1 is 1.46 bits per heavy atom. The van der Waals surface area contributed by atoms with Gasteiger partial charge in [0.25, 0.3) is 0 Å². The standard InChI is InChI=1S/C11H15NO/c1-13-8-11(7-10(11)12)9-5-3-2-4-6-9/h2-6,10H,7-8,12H2,1H3. The summed E-state index contributed by atoms with van der Waals surface area (Å²) in [7, 11) is 1.73. The van der Waals surface area contributed by atoms with E-state index in [-0.39, 0.29) is 11.5 Å². The molecule has 2 N–H and O–H groups in total. The lowest BCUT2D eigenvalue weighted by molar-refractivity contribution is 0.169. The predicted octanol–water partition coefficient (Wildman–Crippen LogP) is 1.30. The molecule has 0 amide bonds. The van der Waals surface area contributed by atoms with E-state index in [1.807, 2.05) is 6.07 Å². The number of hydrogen-bond donors (Lipinski definition) is 1. The van der Waals surface area contributed by atoms with Gasteiger partial charge in [0.05, 0.1) is 6.61 Å². The molecule has 1 aliphatic rings. The second-order valence-electron chi connectivity index (χ2n) is 3.77. The van der Waals surface area contributed by atoms with E-state index in [9.17, 15) is 0 Å². The lowest BCUT2D eigenvalue weighted by Gasteiger charge is -2.15. The lowest BCUT2D eigenvalue weighted by atomic mass is 9.96. The Labute approximate surface area is 78.7 Å². The van der Waals surface area contributed by atoms with E-state index in [1.54, 1.807) is 7.11 Å². The molecule has 2 nitrogen and oxygen atoms in total. The third-order valence-corrected chi connectivity index (χ3v) is 2.88. The van der Waals surface area contributed by atoms with Crippen LogP contribution in [0.4, 0.5) is 0 Å². The van der Waals surface area contributed by atoms with Crippen molar-refractivity contribution in [3.8, 4) is 0 Å². The van der Waals surface area contributed by atoms with Crippen LogP contribution in [0.1, 0.15) is 12.0 Å². The van der Waals surface area contributed by atoms with Crippen molar-refractivity contribution >= 4 is 0 Å². The molecule has 0 bridgehead atoms. The Morgan fingerprint density at radius 3 is 2.54 bits per heavy atom. The minimum atomic E-state index is 0.107. The maximum absolute atomic E-state index is 5.94. The summed E-state index contributed by atoms with van der Waals surface area (Å²) < 4.78 is 5.21. The van der Waals surface area contributed by atoms with Gasteiger partial charge in [-0.1, -0.05) is 30.3 Å². The van der Waals surface area contributed by atoms with E-state index in [1.165, 1.54) is 5.56 Å². The van der Waals surface area contributed by atoms with Gasteiger partial charge in [0.2, 0.25) is 0 Å². The van der Waals surface area contributed by atoms with Gasteiger partial charge in [-0.2, -0.15) is 0 Å². The number of rotatable bonds is 3. The summed E-state index contributed by atoms with van der Waals surface area (Å²) >= 11 is 0. The van der Waals surface area contributed by atoms with E-state index in [0.29, 0.717) is 0 Å². The third kappa shape index (κ3) is 1.36. The molecule has 1 saturated carbocycles. The third-order valence-electron chi connectivity index (χ3n) is 2.88. The molecule has 1 aromatic carbocycles. The van der Waals surface area contributed by atoms with Gasteiger partial charge in [0, 0.05) is 18.6 Å². The Hall–Kier alpha value is -0.860. The molecular weight excluding hydrogens is 162 g/mol. The largest absolute Gasteiger partial charge is 0.384 e. The number of ether oxygens (including phenoxy) is 1. The highest BCUT2D eigenvalue weighted by Gasteiger charge is 2.53. The van der Waals surface area contributed by atoms with Crippen molar-refractivity contribution in [3.63, 3.8) is 0 Å². The van der Waals surface area contributed by atoms with Crippen LogP contribution in [0.3, 0.4) is 0 Å². The quantitative estimate of drug-likeness (QED) is 0.755. The number of methoxy groups -OCH3 is 1. The fourth-order valence-electron chi connectivity index (χ4n) is 1.94. The molecule has 0 saturated heterocycles. The number of benzene rings is 1. The normalized spacial score (nSPS) is 31.7. The predicted molar refractivity (Wildman–Crippen MR) is 52.6 cm³/mol. The molecule has 0 radical (unpaired) electrons. The highest BCUT2D eigenvalue weighted by atomic mass is 16.5. The van der Waals surface area contributed by atoms with E-state index in [4.69, 9.17) is 10.5 Å². The Kier molecular flexibility index (Phi) is 2.10. The van der Waals surface area contributed by atoms with Gasteiger partial charge in [-0.3, -0.25) is 0 Å². The highest BCUT2D eigenvalue weighted by molar-refractivity contribution is 5.35. The fraction of sp³-hybridized carbons (Fsp3) is 0.455. The average Bonchev–Trinajstić information content (AvgIpc) is 2.80. The zero-order valence-electron chi connectivity index (χ0n) is 7.86. The Morgan fingerprint density at radius 2 is 2.08 bits per heavy atom. The summed E-state index contributed by atoms with van der Waals surface area (Å²) in [6.07, 6.45) is 1.05. The van der Waals surface area contributed by atoms with Crippen LogP contribution in [0.5, 0.6) is 0 Å². The van der Waals surface area contributed by atoms with Crippen LogP contribution >= 0.6 is 0 Å². The first-order valence-corrected chi connectivity index (χ1v) is 4.59. The van der Waals surface area contributed by atoms with Crippen LogP contribution < -0.4 is 5.73 Å². The van der Waals surface area contributed by atoms with Crippen LogP contribution in [-0.2, 0) is 10.2 Å². The zero-order chi connectivity index (χ0) is 9.31. The molecule has 1 fully saturated rings. The monoisotopic (exact) mass is 177 g/mol. The van der Waals surface area contributed by atoms with Crippen molar-refractivity contribution in [1.29, 1.82) is 0 Å². The summed E-state index contributed by atoms with van der Waals surface area (Å²) in [5, 5.41) is 0. The van der Waals surface area contributed by atoms with E-state index < -0.39 is 0 Å². The van der Waals surface area contributed by atoms with E-state index >= 15 is 0 Å². The Balaban J connectivity index is 2.24. The zero-order valence-corrected chi connectivity index (χ0v) is 7.86. The molecule has 0 aliphatic heterocycles. The lowest BCUT2D eigenvalue weighted by Crippen LogP contribution is -2.23. The van der Waals surface area contributed by atoms with Gasteiger partial charge in [0.15, 0.2) is 0 Å². The summed E-state index contributed by atoms with van der Waals surface area (Å²) in [5.41, 5.74) is 7.36. The van der Waals surface area contributed by atoms with Crippen LogP contribution in [0.15, 0.2) is 30.3 Å². The molecule has 0 aromatic heterocycles. The molecule has 2 rings (SSSR count). The summed E-state index contributed by atoms with van der Waals surface area (Å²) in [5.74, 6) is 0. The second-order valence-corrected chi connectivity index (χ2v) is 3.77. The van der Waals surface area contributed by atoms with Crippen molar-refractivity contribution in [2.75, 3.05) is 13.7 Å². The van der Waals surface area contributed by atoms with Gasteiger partial charge in [-0.05, 0) is 12.0 Å². The maximum Gasteiger partial charge on any atom is 0.0574 e. The summed E-state index contributed by atoms with van der Waals surface area (Å²) in [4.78, 5) is 0. The average molecular weight is 177 g/mol. The highest BCUT2D eigenvalue weighted by Crippen LogP contribution is 2.46. The second kappa shape index (κ2) is 3.13. The molecule has 13 heavy (non-hydrogen) atoms. The fourth-order valence-corrected chi connectivity index (χ4v) is 1.94. The minimum absolute atomic E-state index is 0.107. The van der Waals surface area contributed by atoms with Crippen LogP contribution in [0, 0.1) is 0 Å². The van der Waals surface area contributed by atoms with Crippen molar-refractivity contribution in [1.82, 2.24) is 0 Å². The first-order chi connectivity index (χ1) is 6.29. The summed E-state index contributed by atoms with van der Waals surface area (Å²) in [6, 6.07) is 10.7. The first kappa shape index (κ1) is 8.73. The topological polar surface area (TPSA) is 35.2 Å². The van der Waals surface area contributed by atoms with Crippen molar-refractivity contribution in [2.24, 2.45) is 5.73 Å². The molecule has 70 valence electrons. The maximum atomic E-state index is 5.94. The van der Waals surface area contributed by atoms with E-state index in [2.05, 4.69) is 24.3 Å². The molecule has 1 aromatic rings. The van der Waals surface area contributed by atoms with Crippen molar-refractivity contribution in [3.05, 3.63) is 35.9 Å². The SMILES string of the molecule is COCC1(c2ccccc2)CC1N. The molecule has 2 heteroatoms. The van der Waals surface area contributed by atoms with Gasteiger partial charge in [0.1, 0.15) is 0 Å². The molecule has 1 aliphatic carbocycles. The smallest absolute Gasteiger partial charge is 0.0574 e. The van der Waals surface area contributed by atoms with Crippen LogP contribution in [0.2, 0.25) is 0 Å². The first-order valence-electron chi connectivity index (χ1n) is 4.59. The van der Waals surface area contributed by atoms with Crippen molar-refractivity contribution < 1.29 is 4.74 Å². The molecule has 2 atom stereocenters. The minimum Gasteiger partial charge on any atom is -0.384 e.